The van der Waals surface area contributed by atoms with Crippen molar-refractivity contribution in [3.63, 3.8) is 0 Å². The highest BCUT2D eigenvalue weighted by Crippen LogP contribution is 2.53. The summed E-state index contributed by atoms with van der Waals surface area (Å²) < 4.78 is 13.9. The van der Waals surface area contributed by atoms with Crippen LogP contribution in [0.25, 0.3) is 0 Å². The second-order valence-electron chi connectivity index (χ2n) is 6.80. The summed E-state index contributed by atoms with van der Waals surface area (Å²) in [4.78, 5) is 4.60. The van der Waals surface area contributed by atoms with E-state index in [-0.39, 0.29) is 14.6 Å². The zero-order chi connectivity index (χ0) is 16.1. The minimum absolute atomic E-state index is 0.0698. The molecule has 3 aliphatic rings. The van der Waals surface area contributed by atoms with Gasteiger partial charge in [-0.15, -0.1) is 9.18 Å². The Kier molecular flexibility index (Phi) is 2.72. The average molecular weight is 322 g/mol. The summed E-state index contributed by atoms with van der Waals surface area (Å²) in [6.45, 7) is 1.46. The molecule has 2 aromatic carbocycles. The van der Waals surface area contributed by atoms with Crippen LogP contribution in [-0.2, 0) is 23.0 Å². The van der Waals surface area contributed by atoms with E-state index in [4.69, 9.17) is 6.02 Å². The molecule has 0 bridgehead atoms. The van der Waals surface area contributed by atoms with Gasteiger partial charge in [-0.05, 0) is 59.3 Å². The highest BCUT2D eigenvalue weighted by atomic mass is 31.0. The fraction of sp³-hybridized carbons (Fsp3) is 0.350. The van der Waals surface area contributed by atoms with Crippen LogP contribution in [0.5, 0.6) is 0 Å². The van der Waals surface area contributed by atoms with Crippen LogP contribution in [0.4, 0.5) is 0 Å². The number of hydrogen-bond donors (Lipinski definition) is 0. The quantitative estimate of drug-likeness (QED) is 0.779. The van der Waals surface area contributed by atoms with Gasteiger partial charge in [-0.25, -0.2) is 4.99 Å². The molecule has 2 atom stereocenters. The van der Waals surface area contributed by atoms with Gasteiger partial charge in [0.05, 0.1) is 7.82 Å². The first-order valence-corrected chi connectivity index (χ1v) is 8.93. The number of rotatable bonds is 2. The lowest BCUT2D eigenvalue weighted by Gasteiger charge is -2.30. The molecule has 116 valence electrons. The summed E-state index contributed by atoms with van der Waals surface area (Å²) in [5.41, 5.74) is 7.04. The van der Waals surface area contributed by atoms with Crippen LogP contribution < -0.4 is 5.30 Å². The van der Waals surface area contributed by atoms with Gasteiger partial charge in [0.1, 0.15) is 6.61 Å². The fourth-order valence-electron chi connectivity index (χ4n) is 4.87. The Morgan fingerprint density at radius 2 is 1.83 bits per heavy atom. The van der Waals surface area contributed by atoms with Crippen molar-refractivity contribution in [1.82, 2.24) is 0 Å². The lowest BCUT2D eigenvalue weighted by atomic mass is 9.74. The van der Waals surface area contributed by atoms with Gasteiger partial charge in [-0.1, -0.05) is 30.3 Å². The molecule has 0 N–H and O–H groups in total. The highest BCUT2D eigenvalue weighted by Gasteiger charge is 2.47. The van der Waals surface area contributed by atoms with Gasteiger partial charge >= 0.3 is 0 Å². The molecule has 3 heteroatoms. The van der Waals surface area contributed by atoms with E-state index in [0.29, 0.717) is 6.61 Å². The van der Waals surface area contributed by atoms with Crippen molar-refractivity contribution in [2.24, 2.45) is 4.99 Å². The van der Waals surface area contributed by atoms with E-state index in [9.17, 15) is 0 Å². The lowest BCUT2D eigenvalue weighted by Crippen LogP contribution is -2.28. The number of aryl methyl sites for hydroxylation is 2. The first-order valence-electron chi connectivity index (χ1n) is 8.93. The van der Waals surface area contributed by atoms with E-state index >= 15 is 0 Å². The van der Waals surface area contributed by atoms with E-state index in [0.717, 1.165) is 38.1 Å². The Balaban J connectivity index is 1.77. The molecule has 2 aromatic rings. The summed E-state index contributed by atoms with van der Waals surface area (Å²) in [7, 11) is 0.103. The van der Waals surface area contributed by atoms with Crippen LogP contribution in [0.2, 0.25) is 0 Å². The smallest absolute Gasteiger partial charge is 0.216 e. The SMILES string of the molecule is [2H]Pc1cccc2c1[C@]1(CC2)CCc2cccc(C3=NCCO3)c21. The second kappa shape index (κ2) is 4.92. The summed E-state index contributed by atoms with van der Waals surface area (Å²) in [6, 6.07) is 13.1. The molecular weight excluding hydrogens is 301 g/mol. The van der Waals surface area contributed by atoms with Crippen molar-refractivity contribution in [1.29, 1.82) is 1.28 Å². The number of hydrogen-bond acceptors (Lipinski definition) is 2. The van der Waals surface area contributed by atoms with E-state index in [1.54, 1.807) is 0 Å². The highest BCUT2D eigenvalue weighted by molar-refractivity contribution is 7.27. The maximum absolute atomic E-state index is 8.04. The first kappa shape index (κ1) is 12.7. The molecule has 1 unspecified atom stereocenters. The van der Waals surface area contributed by atoms with Crippen LogP contribution in [-0.4, -0.2) is 20.3 Å². The van der Waals surface area contributed by atoms with Gasteiger partial charge in [-0.3, -0.25) is 0 Å². The molecule has 5 rings (SSSR count). The van der Waals surface area contributed by atoms with Crippen LogP contribution in [0, 0.1) is 0 Å². The molecule has 0 saturated heterocycles. The zero-order valence-corrected chi connectivity index (χ0v) is 14.1. The fourth-order valence-corrected chi connectivity index (χ4v) is 5.37. The number of aliphatic imine (C=N–C) groups is 1. The topological polar surface area (TPSA) is 21.6 Å². The normalized spacial score (nSPS) is 25.6. The predicted octanol–water partition coefficient (Wildman–Crippen LogP) is 3.14. The number of ether oxygens (including phenoxy) is 1. The van der Waals surface area contributed by atoms with E-state index in [1.807, 2.05) is 0 Å². The van der Waals surface area contributed by atoms with Gasteiger partial charge in [0.15, 0.2) is 0 Å². The van der Waals surface area contributed by atoms with E-state index < -0.39 is 0 Å². The molecule has 1 aliphatic heterocycles. The molecule has 0 aromatic heterocycles. The summed E-state index contributed by atoms with van der Waals surface area (Å²) >= 11 is 0. The maximum Gasteiger partial charge on any atom is 0.216 e. The zero-order valence-electron chi connectivity index (χ0n) is 14.1. The van der Waals surface area contributed by atoms with Crippen molar-refractivity contribution in [2.75, 3.05) is 13.2 Å². The molecule has 1 heterocycles. The first-order chi connectivity index (χ1) is 11.8. The number of fused-ring (bicyclic) bond motifs is 4. The third kappa shape index (κ3) is 1.82. The van der Waals surface area contributed by atoms with Crippen LogP contribution >= 0.6 is 9.18 Å². The Morgan fingerprint density at radius 1 is 1.04 bits per heavy atom. The van der Waals surface area contributed by atoms with Gasteiger partial charge in [-0.2, -0.15) is 0 Å². The lowest BCUT2D eigenvalue weighted by molar-refractivity contribution is 0.347. The Hall–Kier alpha value is -1.66. The Bertz CT molecular complexity index is 859. The minimum Gasteiger partial charge on any atom is -0.476 e. The standard InChI is InChI=1S/C20H20NOP/c23-16-6-2-4-14-8-10-20(18(14)16)9-7-13-3-1-5-15(17(13)20)19-21-11-12-22-19/h1-6H,7-12,23H2/t20-/m0/s1/i23D/t20-,23?. The van der Waals surface area contributed by atoms with Crippen molar-refractivity contribution < 1.29 is 4.74 Å². The van der Waals surface area contributed by atoms with Crippen LogP contribution in [0.1, 0.15) is 40.7 Å². The summed E-state index contributed by atoms with van der Waals surface area (Å²) in [5, 5.41) is 1.22. The van der Waals surface area contributed by atoms with Gasteiger partial charge in [0.2, 0.25) is 5.90 Å². The summed E-state index contributed by atoms with van der Waals surface area (Å²) in [6.07, 6.45) is 4.54. The maximum atomic E-state index is 8.04. The number of benzene rings is 2. The Labute approximate surface area is 140 Å². The van der Waals surface area contributed by atoms with Crippen molar-refractivity contribution in [3.05, 3.63) is 64.2 Å². The Morgan fingerprint density at radius 3 is 2.57 bits per heavy atom. The molecule has 23 heavy (non-hydrogen) atoms. The molecule has 2 aliphatic carbocycles. The average Bonchev–Trinajstić information content (AvgIpc) is 3.35. The minimum atomic E-state index is 0.0698. The van der Waals surface area contributed by atoms with E-state index in [2.05, 4.69) is 41.4 Å². The second-order valence-corrected chi connectivity index (χ2v) is 7.34. The van der Waals surface area contributed by atoms with E-state index in [1.165, 1.54) is 33.1 Å². The van der Waals surface area contributed by atoms with Crippen molar-refractivity contribution >= 4 is 20.4 Å². The van der Waals surface area contributed by atoms with Gasteiger partial charge in [0.25, 0.3) is 0 Å². The molecule has 0 saturated carbocycles. The number of nitrogens with zero attached hydrogens (tertiary/aromatic N) is 1. The van der Waals surface area contributed by atoms with Gasteiger partial charge < -0.3 is 4.74 Å². The summed E-state index contributed by atoms with van der Waals surface area (Å²) in [5.74, 6) is 0.826. The monoisotopic (exact) mass is 322 g/mol. The largest absolute Gasteiger partial charge is 0.476 e. The van der Waals surface area contributed by atoms with Crippen molar-refractivity contribution in [2.45, 2.75) is 31.1 Å². The molecule has 2 nitrogen and oxygen atoms in total. The molecular formula is C20H20NOP. The van der Waals surface area contributed by atoms with Crippen LogP contribution in [0.3, 0.4) is 0 Å². The molecule has 0 radical (unpaired) electrons. The molecule has 0 amide bonds. The molecule has 1 spiro atoms. The van der Waals surface area contributed by atoms with Gasteiger partial charge in [0, 0.05) is 11.0 Å². The third-order valence-electron chi connectivity index (χ3n) is 5.72. The van der Waals surface area contributed by atoms with Crippen molar-refractivity contribution in [3.8, 4) is 0 Å². The predicted molar refractivity (Wildman–Crippen MR) is 97.0 cm³/mol. The van der Waals surface area contributed by atoms with Crippen LogP contribution in [0.15, 0.2) is 41.4 Å². The third-order valence-corrected chi connectivity index (χ3v) is 6.13. The molecule has 0 fully saturated rings.